The van der Waals surface area contributed by atoms with Crippen LogP contribution in [0.1, 0.15) is 4.88 Å². The predicted octanol–water partition coefficient (Wildman–Crippen LogP) is 0.335. The Hall–Kier alpha value is -0.470. The van der Waals surface area contributed by atoms with Gasteiger partial charge in [0.15, 0.2) is 0 Å². The van der Waals surface area contributed by atoms with Gasteiger partial charge in [-0.3, -0.25) is 4.90 Å². The monoisotopic (exact) mass is 301 g/mol. The Labute approximate surface area is 118 Å². The molecule has 0 aromatic carbocycles. The Bertz CT molecular complexity index is 543. The summed E-state index contributed by atoms with van der Waals surface area (Å²) in [4.78, 5) is 3.43. The van der Waals surface area contributed by atoms with E-state index < -0.39 is 10.0 Å². The third kappa shape index (κ3) is 2.57. The number of nitrogens with zero attached hydrogens (tertiary/aromatic N) is 2. The number of hydrogen-bond donors (Lipinski definition) is 1. The van der Waals surface area contributed by atoms with Crippen molar-refractivity contribution in [2.45, 2.75) is 17.2 Å². The van der Waals surface area contributed by atoms with Gasteiger partial charge in [-0.15, -0.1) is 11.3 Å². The van der Waals surface area contributed by atoms with Gasteiger partial charge < -0.3 is 5.32 Å². The topological polar surface area (TPSA) is 52.7 Å². The van der Waals surface area contributed by atoms with Crippen LogP contribution in [0.2, 0.25) is 0 Å². The number of hydrogen-bond acceptors (Lipinski definition) is 5. The summed E-state index contributed by atoms with van der Waals surface area (Å²) < 4.78 is 26.8. The smallest absolute Gasteiger partial charge is 0.252 e. The van der Waals surface area contributed by atoms with E-state index in [-0.39, 0.29) is 0 Å². The van der Waals surface area contributed by atoms with Crippen molar-refractivity contribution in [3.05, 3.63) is 17.0 Å². The van der Waals surface area contributed by atoms with Crippen molar-refractivity contribution in [1.82, 2.24) is 14.5 Å². The molecule has 0 amide bonds. The van der Waals surface area contributed by atoms with Crippen molar-refractivity contribution in [2.75, 3.05) is 39.3 Å². The van der Waals surface area contributed by atoms with Crippen molar-refractivity contribution in [3.8, 4) is 0 Å². The van der Waals surface area contributed by atoms with Crippen molar-refractivity contribution >= 4 is 21.4 Å². The number of thiophene rings is 1. The first-order valence-electron chi connectivity index (χ1n) is 6.59. The van der Waals surface area contributed by atoms with Gasteiger partial charge in [-0.25, -0.2) is 8.42 Å². The van der Waals surface area contributed by atoms with Gasteiger partial charge in [-0.05, 0) is 19.1 Å². The zero-order chi connectivity index (χ0) is 13.5. The van der Waals surface area contributed by atoms with Gasteiger partial charge in [0.05, 0.1) is 0 Å². The molecular formula is C12H19N3O2S2. The summed E-state index contributed by atoms with van der Waals surface area (Å²) >= 11 is 1.36. The Morgan fingerprint density at radius 2 is 1.95 bits per heavy atom. The molecule has 5 nitrogen and oxygen atoms in total. The lowest BCUT2D eigenvalue weighted by atomic mass is 10.1. The molecule has 1 N–H and O–H groups in total. The predicted molar refractivity (Wildman–Crippen MR) is 76.0 cm³/mol. The van der Waals surface area contributed by atoms with Gasteiger partial charge >= 0.3 is 0 Å². The molecule has 106 valence electrons. The van der Waals surface area contributed by atoms with Gasteiger partial charge in [-0.1, -0.05) is 0 Å². The molecule has 3 heterocycles. The molecule has 19 heavy (non-hydrogen) atoms. The molecule has 1 aromatic heterocycles. The first kappa shape index (κ1) is 13.5. The second-order valence-corrected chi connectivity index (χ2v) is 8.58. The van der Waals surface area contributed by atoms with Gasteiger partial charge in [0.2, 0.25) is 0 Å². The van der Waals surface area contributed by atoms with Crippen LogP contribution in [0, 0.1) is 6.92 Å². The van der Waals surface area contributed by atoms with E-state index in [0.717, 1.165) is 31.1 Å². The van der Waals surface area contributed by atoms with E-state index in [1.807, 2.05) is 13.0 Å². The van der Waals surface area contributed by atoms with E-state index in [0.29, 0.717) is 23.3 Å². The molecule has 0 atom stereocenters. The molecule has 2 fully saturated rings. The summed E-state index contributed by atoms with van der Waals surface area (Å²) in [6, 6.07) is 3.98. The number of piperazine rings is 1. The van der Waals surface area contributed by atoms with E-state index in [2.05, 4.69) is 10.2 Å². The fraction of sp³-hybridized carbons (Fsp3) is 0.667. The van der Waals surface area contributed by atoms with Crippen molar-refractivity contribution in [3.63, 3.8) is 0 Å². The van der Waals surface area contributed by atoms with Crippen LogP contribution in [0.25, 0.3) is 0 Å². The SMILES string of the molecule is Cc1ccc(S(=O)(=O)N2CC(N3CCNCC3)C2)s1. The van der Waals surface area contributed by atoms with Crippen molar-refractivity contribution in [1.29, 1.82) is 0 Å². The average molecular weight is 301 g/mol. The number of rotatable bonds is 3. The van der Waals surface area contributed by atoms with Gasteiger partial charge in [0.1, 0.15) is 4.21 Å². The highest BCUT2D eigenvalue weighted by Gasteiger charge is 2.40. The largest absolute Gasteiger partial charge is 0.314 e. The first-order chi connectivity index (χ1) is 9.07. The second-order valence-electron chi connectivity index (χ2n) is 5.13. The summed E-state index contributed by atoms with van der Waals surface area (Å²) in [5.74, 6) is 0. The molecule has 0 spiro atoms. The molecule has 0 bridgehead atoms. The van der Waals surface area contributed by atoms with Crippen LogP contribution in [-0.4, -0.2) is 62.9 Å². The van der Waals surface area contributed by atoms with Crippen LogP contribution in [0.3, 0.4) is 0 Å². The standard InChI is InChI=1S/C12H19N3O2S2/c1-10-2-3-12(18-10)19(16,17)15-8-11(9-15)14-6-4-13-5-7-14/h2-3,11,13H,4-9H2,1H3. The molecule has 2 aliphatic rings. The summed E-state index contributed by atoms with van der Waals surface area (Å²) in [6.07, 6.45) is 0. The van der Waals surface area contributed by atoms with Gasteiger partial charge in [0.25, 0.3) is 10.0 Å². The van der Waals surface area contributed by atoms with E-state index in [1.165, 1.54) is 11.3 Å². The molecule has 0 aliphatic carbocycles. The van der Waals surface area contributed by atoms with Crippen LogP contribution in [0.15, 0.2) is 16.3 Å². The lowest BCUT2D eigenvalue weighted by Gasteiger charge is -2.45. The third-order valence-electron chi connectivity index (χ3n) is 3.81. The fourth-order valence-corrected chi connectivity index (χ4v) is 5.52. The quantitative estimate of drug-likeness (QED) is 0.874. The maximum absolute atomic E-state index is 12.4. The highest BCUT2D eigenvalue weighted by Crippen LogP contribution is 2.28. The summed E-state index contributed by atoms with van der Waals surface area (Å²) in [5, 5.41) is 3.32. The number of aryl methyl sites for hydroxylation is 1. The normalized spacial score (nSPS) is 23.4. The molecule has 0 saturated carbocycles. The maximum atomic E-state index is 12.4. The highest BCUT2D eigenvalue weighted by molar-refractivity contribution is 7.91. The van der Waals surface area contributed by atoms with E-state index >= 15 is 0 Å². The zero-order valence-corrected chi connectivity index (χ0v) is 12.6. The van der Waals surface area contributed by atoms with Gasteiger partial charge in [0, 0.05) is 50.2 Å². The molecular weight excluding hydrogens is 282 g/mol. The van der Waals surface area contributed by atoms with Gasteiger partial charge in [-0.2, -0.15) is 4.31 Å². The first-order valence-corrected chi connectivity index (χ1v) is 8.84. The maximum Gasteiger partial charge on any atom is 0.252 e. The fourth-order valence-electron chi connectivity index (χ4n) is 2.57. The molecule has 2 saturated heterocycles. The molecule has 2 aliphatic heterocycles. The Kier molecular flexibility index (Phi) is 3.65. The van der Waals surface area contributed by atoms with Crippen LogP contribution < -0.4 is 5.32 Å². The van der Waals surface area contributed by atoms with E-state index in [1.54, 1.807) is 10.4 Å². The minimum absolute atomic E-state index is 0.401. The molecule has 0 unspecified atom stereocenters. The van der Waals surface area contributed by atoms with Crippen molar-refractivity contribution < 1.29 is 8.42 Å². The summed E-state index contributed by atoms with van der Waals surface area (Å²) in [7, 11) is -3.24. The summed E-state index contributed by atoms with van der Waals surface area (Å²) in [6.45, 7) is 7.27. The molecule has 0 radical (unpaired) electrons. The Morgan fingerprint density at radius 3 is 2.53 bits per heavy atom. The van der Waals surface area contributed by atoms with Crippen LogP contribution >= 0.6 is 11.3 Å². The minimum Gasteiger partial charge on any atom is -0.314 e. The van der Waals surface area contributed by atoms with Crippen LogP contribution in [0.4, 0.5) is 0 Å². The zero-order valence-electron chi connectivity index (χ0n) is 11.0. The van der Waals surface area contributed by atoms with E-state index in [4.69, 9.17) is 0 Å². The lowest BCUT2D eigenvalue weighted by molar-refractivity contribution is 0.0774. The van der Waals surface area contributed by atoms with E-state index in [9.17, 15) is 8.42 Å². The molecule has 3 rings (SSSR count). The molecule has 1 aromatic rings. The number of nitrogens with one attached hydrogen (secondary N) is 1. The number of sulfonamides is 1. The Morgan fingerprint density at radius 1 is 1.26 bits per heavy atom. The van der Waals surface area contributed by atoms with Crippen molar-refractivity contribution in [2.24, 2.45) is 0 Å². The van der Waals surface area contributed by atoms with Crippen LogP contribution in [-0.2, 0) is 10.0 Å². The Balaban J connectivity index is 1.63. The lowest BCUT2D eigenvalue weighted by Crippen LogP contribution is -2.63. The average Bonchev–Trinajstić information content (AvgIpc) is 2.76. The minimum atomic E-state index is -3.24. The van der Waals surface area contributed by atoms with Crippen LogP contribution in [0.5, 0.6) is 0 Å². The second kappa shape index (κ2) is 5.14. The molecule has 7 heteroatoms. The highest BCUT2D eigenvalue weighted by atomic mass is 32.2. The third-order valence-corrected chi connectivity index (χ3v) is 7.11. The summed E-state index contributed by atoms with van der Waals surface area (Å²) in [5.41, 5.74) is 0.